The molecule has 5 nitrogen and oxygen atoms in total. The Morgan fingerprint density at radius 3 is 2.75 bits per heavy atom. The van der Waals surface area contributed by atoms with Crippen molar-refractivity contribution in [3.63, 3.8) is 0 Å². The van der Waals surface area contributed by atoms with E-state index in [4.69, 9.17) is 16.3 Å². The summed E-state index contributed by atoms with van der Waals surface area (Å²) in [6.45, 7) is 2.33. The van der Waals surface area contributed by atoms with E-state index in [1.165, 1.54) is 24.4 Å². The predicted molar refractivity (Wildman–Crippen MR) is 122 cm³/mol. The highest BCUT2D eigenvalue weighted by molar-refractivity contribution is 9.10. The molecule has 2 heterocycles. The molecule has 1 aliphatic carbocycles. The number of benzene rings is 1. The normalized spacial score (nSPS) is 18.5. The molecule has 170 valence electrons. The van der Waals surface area contributed by atoms with Gasteiger partial charge in [0.25, 0.3) is 0 Å². The summed E-state index contributed by atoms with van der Waals surface area (Å²) in [6.07, 6.45) is 1.73. The molecule has 0 saturated carbocycles. The number of pyridine rings is 1. The first kappa shape index (κ1) is 23.3. The molecule has 0 spiro atoms. The molecule has 2 aromatic heterocycles. The average Bonchev–Trinajstić information content (AvgIpc) is 3.19. The van der Waals surface area contributed by atoms with Gasteiger partial charge >= 0.3 is 6.61 Å². The Hall–Kier alpha value is -1.91. The second-order valence-corrected chi connectivity index (χ2v) is 11.4. The van der Waals surface area contributed by atoms with Crippen LogP contribution in [0.4, 0.5) is 13.2 Å². The van der Waals surface area contributed by atoms with E-state index in [0.717, 1.165) is 0 Å². The second-order valence-electron chi connectivity index (χ2n) is 8.23. The van der Waals surface area contributed by atoms with E-state index in [0.29, 0.717) is 28.3 Å². The van der Waals surface area contributed by atoms with Gasteiger partial charge in [0, 0.05) is 35.2 Å². The topological polar surface area (TPSA) is 56.0 Å². The molecule has 4 rings (SSSR count). The maximum atomic E-state index is 14.2. The van der Waals surface area contributed by atoms with Crippen molar-refractivity contribution >= 4 is 49.9 Å². The summed E-state index contributed by atoms with van der Waals surface area (Å²) in [7, 11) is -1.58. The molecule has 3 aromatic rings. The van der Waals surface area contributed by atoms with Crippen molar-refractivity contribution in [3.05, 3.63) is 62.7 Å². The van der Waals surface area contributed by atoms with E-state index in [1.54, 1.807) is 31.2 Å². The van der Waals surface area contributed by atoms with Crippen LogP contribution in [0.2, 0.25) is 5.02 Å². The summed E-state index contributed by atoms with van der Waals surface area (Å²) in [5, 5.41) is 0.230. The van der Waals surface area contributed by atoms with Gasteiger partial charge in [0.15, 0.2) is 0 Å². The lowest BCUT2D eigenvalue weighted by Gasteiger charge is -2.18. The van der Waals surface area contributed by atoms with E-state index < -0.39 is 34.1 Å². The number of nitrogens with zero attached hydrogens (tertiary/aromatic N) is 3. The van der Waals surface area contributed by atoms with Crippen LogP contribution in [0.15, 0.2) is 39.3 Å². The molecular formula is C21H18BrClF3N3O2S. The third-order valence-electron chi connectivity index (χ3n) is 5.00. The first-order valence-electron chi connectivity index (χ1n) is 9.57. The zero-order chi connectivity index (χ0) is 23.4. The van der Waals surface area contributed by atoms with Crippen molar-refractivity contribution in [2.24, 2.45) is 4.40 Å². The van der Waals surface area contributed by atoms with Gasteiger partial charge in [-0.1, -0.05) is 17.7 Å². The van der Waals surface area contributed by atoms with Crippen LogP contribution < -0.4 is 4.74 Å². The van der Waals surface area contributed by atoms with Gasteiger partial charge in [-0.25, -0.2) is 13.6 Å². The largest absolute Gasteiger partial charge is 0.434 e. The van der Waals surface area contributed by atoms with Crippen LogP contribution in [0.25, 0.3) is 5.65 Å². The highest BCUT2D eigenvalue weighted by Crippen LogP contribution is 2.46. The molecule has 0 radical (unpaired) electrons. The van der Waals surface area contributed by atoms with Gasteiger partial charge in [-0.2, -0.15) is 13.2 Å². The molecule has 32 heavy (non-hydrogen) atoms. The Labute approximate surface area is 198 Å². The monoisotopic (exact) mass is 547 g/mol. The van der Waals surface area contributed by atoms with Crippen LogP contribution in [-0.4, -0.2) is 30.7 Å². The van der Waals surface area contributed by atoms with E-state index in [9.17, 15) is 17.4 Å². The first-order chi connectivity index (χ1) is 15.0. The zero-order valence-electron chi connectivity index (χ0n) is 17.2. The lowest BCUT2D eigenvalue weighted by molar-refractivity contribution is -0.0505. The number of imidazole rings is 1. The highest BCUT2D eigenvalue weighted by atomic mass is 79.9. The number of hydrogen-bond acceptors (Lipinski definition) is 3. The molecule has 1 aromatic carbocycles. The van der Waals surface area contributed by atoms with Gasteiger partial charge < -0.3 is 9.14 Å². The van der Waals surface area contributed by atoms with Crippen molar-refractivity contribution in [2.75, 3.05) is 0 Å². The van der Waals surface area contributed by atoms with Crippen LogP contribution in [-0.2, 0) is 11.0 Å². The third-order valence-corrected chi connectivity index (χ3v) is 7.34. The fourth-order valence-electron chi connectivity index (χ4n) is 3.60. The van der Waals surface area contributed by atoms with Gasteiger partial charge in [0.05, 0.1) is 20.6 Å². The number of alkyl halides is 2. The number of ether oxygens (including phenoxy) is 1. The van der Waals surface area contributed by atoms with E-state index >= 15 is 0 Å². The summed E-state index contributed by atoms with van der Waals surface area (Å²) in [5.74, 6) is -1.15. The lowest BCUT2D eigenvalue weighted by Crippen LogP contribution is -2.21. The minimum absolute atomic E-state index is 0.0715. The number of fused-ring (bicyclic) bond motifs is 3. The zero-order valence-corrected chi connectivity index (χ0v) is 20.4. The number of halogens is 5. The standard InChI is InChI=1S/C21H18BrClF3N3O2S/c1-21(2,3)32(30)28-14-7-10(17-12(23)5-4-6-15(17)31-20(25)26)19-18(14)27-16-8-13(24)11(22)9-29(16)19/h4-6,8-10,20H,7H2,1-3H3/t10-,32?/m1/s1. The summed E-state index contributed by atoms with van der Waals surface area (Å²) in [4.78, 5) is 4.51. The molecular weight excluding hydrogens is 531 g/mol. The van der Waals surface area contributed by atoms with Gasteiger partial charge in [-0.05, 0) is 48.8 Å². The molecule has 2 atom stereocenters. The van der Waals surface area contributed by atoms with Gasteiger partial charge in [0.1, 0.15) is 33.9 Å². The van der Waals surface area contributed by atoms with Crippen molar-refractivity contribution in [1.82, 2.24) is 9.38 Å². The van der Waals surface area contributed by atoms with E-state index in [-0.39, 0.29) is 21.7 Å². The number of aromatic nitrogens is 2. The lowest BCUT2D eigenvalue weighted by atomic mass is 9.95. The molecule has 1 aliphatic rings. The highest BCUT2D eigenvalue weighted by Gasteiger charge is 2.38. The van der Waals surface area contributed by atoms with Crippen LogP contribution in [0.1, 0.15) is 50.1 Å². The van der Waals surface area contributed by atoms with Gasteiger partial charge in [-0.3, -0.25) is 0 Å². The summed E-state index contributed by atoms with van der Waals surface area (Å²) in [5.41, 5.74) is 2.08. The fraction of sp³-hybridized carbons (Fsp3) is 0.333. The van der Waals surface area contributed by atoms with Crippen LogP contribution in [0.5, 0.6) is 5.75 Å². The van der Waals surface area contributed by atoms with Crippen LogP contribution in [0.3, 0.4) is 0 Å². The van der Waals surface area contributed by atoms with Crippen molar-refractivity contribution in [3.8, 4) is 5.75 Å². The molecule has 0 bridgehead atoms. The van der Waals surface area contributed by atoms with Crippen molar-refractivity contribution in [1.29, 1.82) is 0 Å². The molecule has 0 fully saturated rings. The molecule has 11 heteroatoms. The minimum Gasteiger partial charge on any atom is -0.434 e. The third kappa shape index (κ3) is 4.20. The van der Waals surface area contributed by atoms with Crippen LogP contribution >= 0.6 is 27.5 Å². The van der Waals surface area contributed by atoms with Crippen molar-refractivity contribution < 1.29 is 22.1 Å². The minimum atomic E-state index is -3.04. The molecule has 0 aliphatic heterocycles. The smallest absolute Gasteiger partial charge is 0.387 e. The quantitative estimate of drug-likeness (QED) is 0.386. The Morgan fingerprint density at radius 1 is 1.38 bits per heavy atom. The first-order valence-corrected chi connectivity index (χ1v) is 11.8. The Bertz CT molecular complexity index is 1270. The summed E-state index contributed by atoms with van der Waals surface area (Å²) in [6, 6.07) is 5.76. The Morgan fingerprint density at radius 2 is 2.09 bits per heavy atom. The SMILES string of the molecule is CC(C)(C)S(=O)N=C1C[C@H](c2c(Cl)cccc2OC(F)F)c2c1nc1cc(F)c(Br)cn21. The maximum absolute atomic E-state index is 14.2. The maximum Gasteiger partial charge on any atom is 0.387 e. The summed E-state index contributed by atoms with van der Waals surface area (Å²) >= 11 is 9.61. The molecule has 0 amide bonds. The van der Waals surface area contributed by atoms with Gasteiger partial charge in [-0.15, -0.1) is 0 Å². The Kier molecular flexibility index (Phi) is 6.15. The fourth-order valence-corrected chi connectivity index (χ4v) is 4.85. The number of hydrogen-bond donors (Lipinski definition) is 0. The second kappa shape index (κ2) is 8.46. The van der Waals surface area contributed by atoms with E-state index in [1.807, 2.05) is 0 Å². The van der Waals surface area contributed by atoms with E-state index in [2.05, 4.69) is 25.3 Å². The van der Waals surface area contributed by atoms with Crippen molar-refractivity contribution in [2.45, 2.75) is 44.5 Å². The number of rotatable bonds is 4. The summed E-state index contributed by atoms with van der Waals surface area (Å²) < 4.78 is 63.5. The molecule has 0 saturated heterocycles. The predicted octanol–water partition coefficient (Wildman–Crippen LogP) is 6.28. The molecule has 1 unspecified atom stereocenters. The Balaban J connectivity index is 1.97. The van der Waals surface area contributed by atoms with Crippen LogP contribution in [0, 0.1) is 5.82 Å². The average molecular weight is 549 g/mol. The van der Waals surface area contributed by atoms with Gasteiger partial charge in [0.2, 0.25) is 0 Å². The molecule has 0 N–H and O–H groups in total.